The molecule has 1 heterocycles. The number of hydrogen-bond donors (Lipinski definition) is 3. The van der Waals surface area contributed by atoms with Crippen molar-refractivity contribution in [3.63, 3.8) is 0 Å². The predicted molar refractivity (Wildman–Crippen MR) is 71.3 cm³/mol. The average molecular weight is 258 g/mol. The van der Waals surface area contributed by atoms with E-state index in [9.17, 15) is 4.79 Å². The molecule has 3 N–H and O–H groups in total. The molecule has 0 bridgehead atoms. The number of nitrogen functional groups attached to an aromatic ring is 1. The lowest BCUT2D eigenvalue weighted by molar-refractivity contribution is 0.940. The van der Waals surface area contributed by atoms with Gasteiger partial charge in [0.1, 0.15) is 11.6 Å². The summed E-state index contributed by atoms with van der Waals surface area (Å²) in [5.41, 5.74) is 6.59. The van der Waals surface area contributed by atoms with Crippen molar-refractivity contribution in [3.05, 3.63) is 57.6 Å². The van der Waals surface area contributed by atoms with Gasteiger partial charge in [-0.1, -0.05) is 12.1 Å². The maximum Gasteiger partial charge on any atom is 0.253 e. The predicted octanol–water partition coefficient (Wildman–Crippen LogP) is 1.24. The molecule has 0 aliphatic carbocycles. The van der Waals surface area contributed by atoms with Crippen molar-refractivity contribution in [1.29, 1.82) is 5.26 Å². The SMILES string of the molecule is N#Cc1ccc(C(S)c2nc(N)cc(=O)[nH]2)cc1. The standard InChI is InChI=1S/C12H10N4OS/c13-6-7-1-3-8(4-2-7)11(18)12-15-9(14)5-10(17)16-12/h1-5,11,18H,(H3,14,15,16,17). The van der Waals surface area contributed by atoms with Crippen LogP contribution in [-0.2, 0) is 0 Å². The third-order valence-corrected chi connectivity index (χ3v) is 2.94. The number of nitriles is 1. The minimum absolute atomic E-state index is 0.154. The van der Waals surface area contributed by atoms with Gasteiger partial charge >= 0.3 is 0 Å². The number of aromatic nitrogens is 2. The Morgan fingerprint density at radius 2 is 2.06 bits per heavy atom. The number of nitrogens with zero attached hydrogens (tertiary/aromatic N) is 2. The van der Waals surface area contributed by atoms with Crippen LogP contribution in [0.25, 0.3) is 0 Å². The second-order valence-electron chi connectivity index (χ2n) is 3.69. The van der Waals surface area contributed by atoms with Crippen molar-refractivity contribution in [2.24, 2.45) is 0 Å². The van der Waals surface area contributed by atoms with Crippen molar-refractivity contribution < 1.29 is 0 Å². The number of aromatic amines is 1. The maximum absolute atomic E-state index is 11.3. The highest BCUT2D eigenvalue weighted by Gasteiger charge is 2.12. The first-order valence-corrected chi connectivity index (χ1v) is 5.66. The minimum Gasteiger partial charge on any atom is -0.383 e. The molecule has 90 valence electrons. The Kier molecular flexibility index (Phi) is 3.35. The van der Waals surface area contributed by atoms with Gasteiger partial charge in [-0.2, -0.15) is 17.9 Å². The van der Waals surface area contributed by atoms with Crippen LogP contribution in [0.2, 0.25) is 0 Å². The molecule has 0 amide bonds. The summed E-state index contributed by atoms with van der Waals surface area (Å²) >= 11 is 4.40. The maximum atomic E-state index is 11.3. The highest BCUT2D eigenvalue weighted by Crippen LogP contribution is 2.25. The van der Waals surface area contributed by atoms with E-state index in [1.807, 2.05) is 6.07 Å². The van der Waals surface area contributed by atoms with E-state index in [0.717, 1.165) is 5.56 Å². The number of nitrogens with two attached hydrogens (primary N) is 1. The summed E-state index contributed by atoms with van der Waals surface area (Å²) in [6.45, 7) is 0. The van der Waals surface area contributed by atoms with Gasteiger partial charge in [-0.3, -0.25) is 4.79 Å². The first-order chi connectivity index (χ1) is 8.60. The Morgan fingerprint density at radius 3 is 2.61 bits per heavy atom. The second-order valence-corrected chi connectivity index (χ2v) is 4.21. The average Bonchev–Trinajstić information content (AvgIpc) is 2.37. The first kappa shape index (κ1) is 12.2. The summed E-state index contributed by atoms with van der Waals surface area (Å²) < 4.78 is 0. The number of benzene rings is 1. The van der Waals surface area contributed by atoms with Crippen molar-refractivity contribution in [2.45, 2.75) is 5.25 Å². The molecule has 1 aromatic carbocycles. The Labute approximate surface area is 109 Å². The van der Waals surface area contributed by atoms with Gasteiger partial charge in [-0.25, -0.2) is 4.98 Å². The molecule has 1 unspecified atom stereocenters. The van der Waals surface area contributed by atoms with Gasteiger partial charge in [-0.05, 0) is 17.7 Å². The monoisotopic (exact) mass is 258 g/mol. The number of hydrogen-bond acceptors (Lipinski definition) is 5. The molecule has 1 aromatic heterocycles. The zero-order valence-electron chi connectivity index (χ0n) is 9.29. The zero-order chi connectivity index (χ0) is 13.1. The van der Waals surface area contributed by atoms with Crippen molar-refractivity contribution >= 4 is 18.4 Å². The Balaban J connectivity index is 2.38. The van der Waals surface area contributed by atoms with Gasteiger partial charge in [0.25, 0.3) is 5.56 Å². The first-order valence-electron chi connectivity index (χ1n) is 5.15. The van der Waals surface area contributed by atoms with Gasteiger partial charge < -0.3 is 10.7 Å². The van der Waals surface area contributed by atoms with Crippen LogP contribution in [0.4, 0.5) is 5.82 Å². The van der Waals surface area contributed by atoms with E-state index >= 15 is 0 Å². The molecule has 0 fully saturated rings. The van der Waals surface area contributed by atoms with Gasteiger partial charge in [0, 0.05) is 6.07 Å². The van der Waals surface area contributed by atoms with Gasteiger partial charge in [-0.15, -0.1) is 0 Å². The van der Waals surface area contributed by atoms with Crippen LogP contribution < -0.4 is 11.3 Å². The van der Waals surface area contributed by atoms with Crippen molar-refractivity contribution in [1.82, 2.24) is 9.97 Å². The quantitative estimate of drug-likeness (QED) is 0.706. The lowest BCUT2D eigenvalue weighted by Gasteiger charge is -2.10. The molecule has 2 rings (SSSR count). The van der Waals surface area contributed by atoms with Gasteiger partial charge in [0.2, 0.25) is 0 Å². The van der Waals surface area contributed by atoms with Crippen molar-refractivity contribution in [2.75, 3.05) is 5.73 Å². The van der Waals surface area contributed by atoms with E-state index < -0.39 is 5.25 Å². The van der Waals surface area contributed by atoms with Crippen LogP contribution in [0.3, 0.4) is 0 Å². The number of anilines is 1. The molecule has 0 radical (unpaired) electrons. The molecule has 0 spiro atoms. The topological polar surface area (TPSA) is 95.6 Å². The number of thiol groups is 1. The molecule has 0 saturated heterocycles. The summed E-state index contributed by atoms with van der Waals surface area (Å²) in [4.78, 5) is 17.9. The van der Waals surface area contributed by atoms with Crippen LogP contribution >= 0.6 is 12.6 Å². The third-order valence-electron chi connectivity index (χ3n) is 2.39. The van der Waals surface area contributed by atoms with E-state index in [2.05, 4.69) is 22.6 Å². The molecule has 0 aliphatic rings. The van der Waals surface area contributed by atoms with E-state index in [1.54, 1.807) is 24.3 Å². The molecule has 5 nitrogen and oxygen atoms in total. The number of H-pyrrole nitrogens is 1. The lowest BCUT2D eigenvalue weighted by atomic mass is 10.1. The highest BCUT2D eigenvalue weighted by molar-refractivity contribution is 7.80. The van der Waals surface area contributed by atoms with Crippen LogP contribution in [0.1, 0.15) is 22.2 Å². The summed E-state index contributed by atoms with van der Waals surface area (Å²) in [6, 6.07) is 10.1. The molecular formula is C12H10N4OS. The summed E-state index contributed by atoms with van der Waals surface area (Å²) in [6.07, 6.45) is 0. The molecule has 0 aliphatic heterocycles. The van der Waals surface area contributed by atoms with E-state index in [1.165, 1.54) is 6.07 Å². The Hall–Kier alpha value is -2.26. The third kappa shape index (κ3) is 2.52. The molecule has 0 saturated carbocycles. The molecule has 1 atom stereocenters. The van der Waals surface area contributed by atoms with E-state index in [0.29, 0.717) is 11.4 Å². The largest absolute Gasteiger partial charge is 0.383 e. The Morgan fingerprint density at radius 1 is 1.39 bits per heavy atom. The van der Waals surface area contributed by atoms with Crippen LogP contribution in [0, 0.1) is 11.3 Å². The van der Waals surface area contributed by atoms with E-state index in [4.69, 9.17) is 11.0 Å². The van der Waals surface area contributed by atoms with Crippen LogP contribution in [0.15, 0.2) is 35.1 Å². The van der Waals surface area contributed by atoms with Crippen LogP contribution in [-0.4, -0.2) is 9.97 Å². The van der Waals surface area contributed by atoms with Gasteiger partial charge in [0.15, 0.2) is 0 Å². The fourth-order valence-electron chi connectivity index (χ4n) is 1.52. The van der Waals surface area contributed by atoms with Gasteiger partial charge in [0.05, 0.1) is 16.9 Å². The highest BCUT2D eigenvalue weighted by atomic mass is 32.1. The molecule has 6 heteroatoms. The minimum atomic E-state index is -0.394. The number of rotatable bonds is 2. The fourth-order valence-corrected chi connectivity index (χ4v) is 1.82. The molecule has 18 heavy (non-hydrogen) atoms. The number of nitrogens with one attached hydrogen (secondary N) is 1. The summed E-state index contributed by atoms with van der Waals surface area (Å²) in [7, 11) is 0. The Bertz CT molecular complexity index is 657. The molecule has 2 aromatic rings. The van der Waals surface area contributed by atoms with Crippen molar-refractivity contribution in [3.8, 4) is 6.07 Å². The molecular weight excluding hydrogens is 248 g/mol. The van der Waals surface area contributed by atoms with E-state index in [-0.39, 0.29) is 11.4 Å². The normalized spacial score (nSPS) is 11.8. The lowest BCUT2D eigenvalue weighted by Crippen LogP contribution is -2.14. The summed E-state index contributed by atoms with van der Waals surface area (Å²) in [5.74, 6) is 0.537. The smallest absolute Gasteiger partial charge is 0.253 e. The summed E-state index contributed by atoms with van der Waals surface area (Å²) in [5, 5.41) is 8.32. The van der Waals surface area contributed by atoms with Crippen LogP contribution in [0.5, 0.6) is 0 Å². The fraction of sp³-hybridized carbons (Fsp3) is 0.0833. The zero-order valence-corrected chi connectivity index (χ0v) is 10.2. The second kappa shape index (κ2) is 4.94.